The Morgan fingerprint density at radius 3 is 2.89 bits per heavy atom. The highest BCUT2D eigenvalue weighted by atomic mass is 79.9. The monoisotopic (exact) mass is 331 g/mol. The lowest BCUT2D eigenvalue weighted by Gasteiger charge is -2.28. The number of thiophene rings is 1. The van der Waals surface area contributed by atoms with Crippen molar-refractivity contribution in [2.75, 3.05) is 6.54 Å². The van der Waals surface area contributed by atoms with E-state index in [0.717, 1.165) is 36.1 Å². The van der Waals surface area contributed by atoms with Crippen LogP contribution in [0.1, 0.15) is 30.6 Å². The Kier molecular flexibility index (Phi) is 5.21. The van der Waals surface area contributed by atoms with Crippen molar-refractivity contribution < 1.29 is 9.90 Å². The highest BCUT2D eigenvalue weighted by molar-refractivity contribution is 9.11. The molecule has 0 spiro atoms. The number of carboxylic acid groups (broad SMARTS) is 1. The van der Waals surface area contributed by atoms with E-state index in [-0.39, 0.29) is 5.92 Å². The van der Waals surface area contributed by atoms with Gasteiger partial charge in [-0.05, 0) is 53.4 Å². The third kappa shape index (κ3) is 3.80. The maximum atomic E-state index is 11.2. The summed E-state index contributed by atoms with van der Waals surface area (Å²) in [4.78, 5) is 12.5. The van der Waals surface area contributed by atoms with Crippen molar-refractivity contribution in [1.29, 1.82) is 0 Å². The largest absolute Gasteiger partial charge is 0.481 e. The lowest BCUT2D eigenvalue weighted by Crippen LogP contribution is -2.34. The number of hydrogen-bond acceptors (Lipinski definition) is 3. The highest BCUT2D eigenvalue weighted by Crippen LogP contribution is 2.30. The van der Waals surface area contributed by atoms with Crippen LogP contribution in [0.25, 0.3) is 0 Å². The van der Waals surface area contributed by atoms with Crippen molar-refractivity contribution >= 4 is 33.2 Å². The van der Waals surface area contributed by atoms with Gasteiger partial charge >= 0.3 is 5.97 Å². The smallest absolute Gasteiger partial charge is 0.306 e. The van der Waals surface area contributed by atoms with Crippen LogP contribution in [0.5, 0.6) is 0 Å². The maximum absolute atomic E-state index is 11.2. The van der Waals surface area contributed by atoms with Gasteiger partial charge in [0.2, 0.25) is 0 Å². The molecule has 0 saturated heterocycles. The Balaban J connectivity index is 1.79. The summed E-state index contributed by atoms with van der Waals surface area (Å²) < 4.78 is 1.14. The van der Waals surface area contributed by atoms with Gasteiger partial charge in [0, 0.05) is 11.4 Å². The Labute approximate surface area is 120 Å². The van der Waals surface area contributed by atoms with E-state index < -0.39 is 5.97 Å². The summed E-state index contributed by atoms with van der Waals surface area (Å²) in [5, 5.41) is 12.6. The first-order valence-corrected chi connectivity index (χ1v) is 7.95. The first-order valence-electron chi connectivity index (χ1n) is 6.34. The second-order valence-corrected chi connectivity index (χ2v) is 7.37. The molecule has 1 saturated carbocycles. The quantitative estimate of drug-likeness (QED) is 0.868. The topological polar surface area (TPSA) is 49.3 Å². The second kappa shape index (κ2) is 6.68. The van der Waals surface area contributed by atoms with Gasteiger partial charge in [0.05, 0.1) is 9.70 Å². The van der Waals surface area contributed by atoms with Crippen LogP contribution in [0.2, 0.25) is 0 Å². The Bertz CT molecular complexity index is 407. The predicted octanol–water partition coefficient (Wildman–Crippen LogP) is 3.49. The lowest BCUT2D eigenvalue weighted by atomic mass is 9.79. The molecule has 2 N–H and O–H groups in total. The lowest BCUT2D eigenvalue weighted by molar-refractivity contribution is -0.144. The number of carbonyl (C=O) groups is 1. The Morgan fingerprint density at radius 2 is 2.22 bits per heavy atom. The first kappa shape index (κ1) is 14.0. The summed E-state index contributed by atoms with van der Waals surface area (Å²) in [5.41, 5.74) is 0. The van der Waals surface area contributed by atoms with Crippen LogP contribution < -0.4 is 5.32 Å². The Morgan fingerprint density at radius 1 is 1.44 bits per heavy atom. The molecule has 0 aliphatic heterocycles. The van der Waals surface area contributed by atoms with Gasteiger partial charge in [-0.2, -0.15) is 0 Å². The molecule has 0 bridgehead atoms. The summed E-state index contributed by atoms with van der Waals surface area (Å²) in [7, 11) is 0. The van der Waals surface area contributed by atoms with Crippen molar-refractivity contribution in [3.8, 4) is 0 Å². The van der Waals surface area contributed by atoms with Crippen LogP contribution in [0, 0.1) is 11.8 Å². The summed E-state index contributed by atoms with van der Waals surface area (Å²) in [6.45, 7) is 1.64. The van der Waals surface area contributed by atoms with Gasteiger partial charge in [-0.15, -0.1) is 11.3 Å². The molecule has 0 radical (unpaired) electrons. The average molecular weight is 332 g/mol. The van der Waals surface area contributed by atoms with E-state index in [1.807, 2.05) is 6.07 Å². The molecule has 0 aromatic carbocycles. The van der Waals surface area contributed by atoms with Gasteiger partial charge < -0.3 is 10.4 Å². The summed E-state index contributed by atoms with van der Waals surface area (Å²) in [6, 6.07) is 4.14. The molecule has 1 aliphatic rings. The van der Waals surface area contributed by atoms with Crippen molar-refractivity contribution in [2.45, 2.75) is 32.2 Å². The predicted molar refractivity (Wildman–Crippen MR) is 76.8 cm³/mol. The van der Waals surface area contributed by atoms with Crippen LogP contribution >= 0.6 is 27.3 Å². The third-order valence-corrected chi connectivity index (χ3v) is 5.18. The molecule has 1 aliphatic carbocycles. The molecule has 2 rings (SSSR count). The third-order valence-electron chi connectivity index (χ3n) is 3.56. The van der Waals surface area contributed by atoms with Crippen molar-refractivity contribution in [3.05, 3.63) is 20.8 Å². The van der Waals surface area contributed by atoms with E-state index in [1.54, 1.807) is 11.3 Å². The number of aliphatic carboxylic acids is 1. The molecular weight excluding hydrogens is 314 g/mol. The molecule has 1 fully saturated rings. The van der Waals surface area contributed by atoms with Crippen LogP contribution in [0.4, 0.5) is 0 Å². The summed E-state index contributed by atoms with van der Waals surface area (Å²) >= 11 is 5.16. The van der Waals surface area contributed by atoms with E-state index in [0.29, 0.717) is 5.92 Å². The normalized spacial score (nSPS) is 24.1. The molecular formula is C13H18BrNO2S. The number of halogens is 1. The fourth-order valence-corrected chi connectivity index (χ4v) is 4.06. The zero-order valence-corrected chi connectivity index (χ0v) is 12.6. The van der Waals surface area contributed by atoms with Crippen molar-refractivity contribution in [2.24, 2.45) is 11.8 Å². The Hall–Kier alpha value is -0.390. The minimum absolute atomic E-state index is 0.152. The van der Waals surface area contributed by atoms with Crippen LogP contribution in [-0.4, -0.2) is 17.6 Å². The van der Waals surface area contributed by atoms with Gasteiger partial charge in [0.25, 0.3) is 0 Å². The van der Waals surface area contributed by atoms with Crippen molar-refractivity contribution in [3.63, 3.8) is 0 Å². The molecule has 3 nitrogen and oxygen atoms in total. The van der Waals surface area contributed by atoms with E-state index >= 15 is 0 Å². The zero-order chi connectivity index (χ0) is 13.0. The van der Waals surface area contributed by atoms with Gasteiger partial charge in [0.1, 0.15) is 0 Å². The molecule has 2 unspecified atom stereocenters. The number of carboxylic acids is 1. The van der Waals surface area contributed by atoms with E-state index in [2.05, 4.69) is 27.3 Å². The van der Waals surface area contributed by atoms with Crippen LogP contribution in [-0.2, 0) is 11.3 Å². The first-order chi connectivity index (χ1) is 8.66. The van der Waals surface area contributed by atoms with Crippen LogP contribution in [0.3, 0.4) is 0 Å². The van der Waals surface area contributed by atoms with E-state index in [4.69, 9.17) is 0 Å². The van der Waals surface area contributed by atoms with Gasteiger partial charge in [0.15, 0.2) is 0 Å². The molecule has 0 amide bonds. The minimum atomic E-state index is -0.625. The average Bonchev–Trinajstić information content (AvgIpc) is 2.75. The number of hydrogen-bond donors (Lipinski definition) is 2. The molecule has 5 heteroatoms. The molecule has 18 heavy (non-hydrogen) atoms. The summed E-state index contributed by atoms with van der Waals surface area (Å²) in [6.07, 6.45) is 4.11. The molecule has 2 atom stereocenters. The summed E-state index contributed by atoms with van der Waals surface area (Å²) in [5.74, 6) is -0.485. The minimum Gasteiger partial charge on any atom is -0.481 e. The molecule has 1 aromatic heterocycles. The second-order valence-electron chi connectivity index (χ2n) is 4.83. The SMILES string of the molecule is O=C(O)C1CCCCC1CNCc1ccc(Br)s1. The fraction of sp³-hybridized carbons (Fsp3) is 0.615. The molecule has 1 aromatic rings. The maximum Gasteiger partial charge on any atom is 0.306 e. The zero-order valence-electron chi connectivity index (χ0n) is 10.2. The van der Waals surface area contributed by atoms with Crippen LogP contribution in [0.15, 0.2) is 15.9 Å². The number of rotatable bonds is 5. The molecule has 1 heterocycles. The van der Waals surface area contributed by atoms with E-state index in [9.17, 15) is 9.90 Å². The van der Waals surface area contributed by atoms with Gasteiger partial charge in [-0.25, -0.2) is 0 Å². The van der Waals surface area contributed by atoms with Gasteiger partial charge in [-0.1, -0.05) is 12.8 Å². The van der Waals surface area contributed by atoms with Gasteiger partial charge in [-0.3, -0.25) is 4.79 Å². The molecule has 100 valence electrons. The fourth-order valence-electron chi connectivity index (χ4n) is 2.60. The van der Waals surface area contributed by atoms with E-state index in [1.165, 1.54) is 11.3 Å². The number of nitrogens with one attached hydrogen (secondary N) is 1. The van der Waals surface area contributed by atoms with Crippen molar-refractivity contribution in [1.82, 2.24) is 5.32 Å². The highest BCUT2D eigenvalue weighted by Gasteiger charge is 2.30. The standard InChI is InChI=1S/C13H18BrNO2S/c14-12-6-5-10(18-12)8-15-7-9-3-1-2-4-11(9)13(16)17/h5-6,9,11,15H,1-4,7-8H2,(H,16,17).